The summed E-state index contributed by atoms with van der Waals surface area (Å²) in [6, 6.07) is 12.3. The van der Waals surface area contributed by atoms with Crippen LogP contribution in [0, 0.1) is 16.0 Å². The SMILES string of the molecule is COc1ccccc1CN(C)C(=O)c1ccc(N2CCCC(C)C2)c([N+](=O)[O-])c1. The van der Waals surface area contributed by atoms with Crippen molar-refractivity contribution in [2.24, 2.45) is 5.92 Å². The molecule has 0 aromatic heterocycles. The molecule has 7 nitrogen and oxygen atoms in total. The van der Waals surface area contributed by atoms with Crippen molar-refractivity contribution in [2.45, 2.75) is 26.3 Å². The van der Waals surface area contributed by atoms with Crippen molar-refractivity contribution >= 4 is 17.3 Å². The first kappa shape index (κ1) is 20.6. The van der Waals surface area contributed by atoms with Gasteiger partial charge in [-0.1, -0.05) is 25.1 Å². The van der Waals surface area contributed by atoms with E-state index in [-0.39, 0.29) is 11.6 Å². The second-order valence-corrected chi connectivity index (χ2v) is 7.63. The van der Waals surface area contributed by atoms with E-state index in [1.165, 1.54) is 6.07 Å². The predicted molar refractivity (Wildman–Crippen MR) is 112 cm³/mol. The van der Waals surface area contributed by atoms with Crippen molar-refractivity contribution in [1.82, 2.24) is 4.90 Å². The summed E-state index contributed by atoms with van der Waals surface area (Å²) in [5.74, 6) is 0.932. The van der Waals surface area contributed by atoms with Crippen LogP contribution >= 0.6 is 0 Å². The summed E-state index contributed by atoms with van der Waals surface area (Å²) in [7, 11) is 3.27. The Hall–Kier alpha value is -3.09. The summed E-state index contributed by atoms with van der Waals surface area (Å²) in [5, 5.41) is 11.7. The van der Waals surface area contributed by atoms with Crippen LogP contribution in [0.25, 0.3) is 0 Å². The fourth-order valence-corrected chi connectivity index (χ4v) is 3.86. The van der Waals surface area contributed by atoms with Crippen LogP contribution in [0.1, 0.15) is 35.7 Å². The van der Waals surface area contributed by atoms with Crippen LogP contribution in [0.3, 0.4) is 0 Å². The highest BCUT2D eigenvalue weighted by Crippen LogP contribution is 2.33. The average molecular weight is 397 g/mol. The number of piperidine rings is 1. The van der Waals surface area contributed by atoms with E-state index in [0.29, 0.717) is 29.5 Å². The summed E-state index contributed by atoms with van der Waals surface area (Å²) < 4.78 is 5.34. The normalized spacial score (nSPS) is 16.4. The Bertz CT molecular complexity index is 899. The minimum Gasteiger partial charge on any atom is -0.496 e. The maximum atomic E-state index is 12.9. The molecule has 1 aliphatic heterocycles. The average Bonchev–Trinajstić information content (AvgIpc) is 2.73. The number of carbonyl (C=O) groups excluding carboxylic acids is 1. The lowest BCUT2D eigenvalue weighted by atomic mass is 9.99. The van der Waals surface area contributed by atoms with Gasteiger partial charge in [0.05, 0.1) is 12.0 Å². The zero-order valence-electron chi connectivity index (χ0n) is 17.1. The molecule has 0 spiro atoms. The highest BCUT2D eigenvalue weighted by Gasteiger charge is 2.26. The molecule has 1 fully saturated rings. The molecule has 154 valence electrons. The van der Waals surface area contributed by atoms with Gasteiger partial charge in [0.1, 0.15) is 11.4 Å². The number of nitro groups is 1. The van der Waals surface area contributed by atoms with E-state index >= 15 is 0 Å². The van der Waals surface area contributed by atoms with Crippen molar-refractivity contribution < 1.29 is 14.5 Å². The molecule has 1 amide bonds. The smallest absolute Gasteiger partial charge is 0.293 e. The molecule has 0 bridgehead atoms. The number of carbonyl (C=O) groups is 1. The van der Waals surface area contributed by atoms with Gasteiger partial charge >= 0.3 is 0 Å². The van der Waals surface area contributed by atoms with Crippen LogP contribution in [-0.4, -0.2) is 43.0 Å². The zero-order chi connectivity index (χ0) is 21.0. The number of nitrogens with zero attached hydrogens (tertiary/aromatic N) is 3. The highest BCUT2D eigenvalue weighted by molar-refractivity contribution is 5.95. The Morgan fingerprint density at radius 3 is 2.76 bits per heavy atom. The van der Waals surface area contributed by atoms with Gasteiger partial charge in [-0.25, -0.2) is 0 Å². The molecular formula is C22H27N3O4. The van der Waals surface area contributed by atoms with Crippen LogP contribution in [0.15, 0.2) is 42.5 Å². The largest absolute Gasteiger partial charge is 0.496 e. The Labute approximate surface area is 171 Å². The monoisotopic (exact) mass is 397 g/mol. The number of hydrogen-bond donors (Lipinski definition) is 0. The lowest BCUT2D eigenvalue weighted by Gasteiger charge is -2.32. The molecule has 0 aliphatic carbocycles. The van der Waals surface area contributed by atoms with E-state index in [9.17, 15) is 14.9 Å². The molecule has 2 aromatic carbocycles. The third-order valence-corrected chi connectivity index (χ3v) is 5.36. The molecule has 1 unspecified atom stereocenters. The Morgan fingerprint density at radius 2 is 2.07 bits per heavy atom. The number of methoxy groups -OCH3 is 1. The maximum absolute atomic E-state index is 12.9. The van der Waals surface area contributed by atoms with E-state index in [4.69, 9.17) is 4.74 Å². The second kappa shape index (κ2) is 8.94. The van der Waals surface area contributed by atoms with Gasteiger partial charge in [-0.2, -0.15) is 0 Å². The van der Waals surface area contributed by atoms with Crippen molar-refractivity contribution in [2.75, 3.05) is 32.1 Å². The van der Waals surface area contributed by atoms with Gasteiger partial charge in [-0.05, 0) is 37.0 Å². The predicted octanol–water partition coefficient (Wildman–Crippen LogP) is 4.11. The van der Waals surface area contributed by atoms with E-state index < -0.39 is 4.92 Å². The van der Waals surface area contributed by atoms with Crippen molar-refractivity contribution in [1.29, 1.82) is 0 Å². The first-order valence-corrected chi connectivity index (χ1v) is 9.81. The third kappa shape index (κ3) is 4.67. The van der Waals surface area contributed by atoms with Crippen molar-refractivity contribution in [3.8, 4) is 5.75 Å². The summed E-state index contributed by atoms with van der Waals surface area (Å²) in [4.78, 5) is 27.8. The van der Waals surface area contributed by atoms with Crippen LogP contribution < -0.4 is 9.64 Å². The number of nitro benzene ring substituents is 1. The molecular weight excluding hydrogens is 370 g/mol. The van der Waals surface area contributed by atoms with Gasteiger partial charge in [0.15, 0.2) is 0 Å². The molecule has 1 atom stereocenters. The van der Waals surface area contributed by atoms with E-state index in [2.05, 4.69) is 11.8 Å². The first-order chi connectivity index (χ1) is 13.9. The van der Waals surface area contributed by atoms with Crippen LogP contribution in [0.2, 0.25) is 0 Å². The number of hydrogen-bond acceptors (Lipinski definition) is 5. The molecule has 29 heavy (non-hydrogen) atoms. The minimum atomic E-state index is -0.397. The van der Waals surface area contributed by atoms with E-state index in [0.717, 1.165) is 31.5 Å². The number of anilines is 1. The molecule has 1 aliphatic rings. The molecule has 0 N–H and O–H groups in total. The third-order valence-electron chi connectivity index (χ3n) is 5.36. The summed E-state index contributed by atoms with van der Waals surface area (Å²) in [6.45, 7) is 4.10. The first-order valence-electron chi connectivity index (χ1n) is 9.81. The number of amides is 1. The lowest BCUT2D eigenvalue weighted by molar-refractivity contribution is -0.384. The van der Waals surface area contributed by atoms with Gasteiger partial charge in [0.2, 0.25) is 0 Å². The standard InChI is InChI=1S/C22H27N3O4/c1-16-7-6-12-24(14-16)19-11-10-17(13-20(19)25(27)28)22(26)23(2)15-18-8-4-5-9-21(18)29-3/h4-5,8-11,13,16H,6-7,12,14-15H2,1-3H3. The Balaban J connectivity index is 1.83. The van der Waals surface area contributed by atoms with Crippen molar-refractivity contribution in [3.63, 3.8) is 0 Å². The van der Waals surface area contributed by atoms with Gasteiger partial charge < -0.3 is 14.5 Å². The van der Waals surface area contributed by atoms with Crippen LogP contribution in [0.4, 0.5) is 11.4 Å². The van der Waals surface area contributed by atoms with E-state index in [1.807, 2.05) is 24.3 Å². The number of para-hydroxylation sites is 1. The molecule has 0 radical (unpaired) electrons. The quantitative estimate of drug-likeness (QED) is 0.542. The molecule has 1 saturated heterocycles. The van der Waals surface area contributed by atoms with Gasteiger partial charge in [-0.15, -0.1) is 0 Å². The van der Waals surface area contributed by atoms with Gasteiger partial charge in [-0.3, -0.25) is 14.9 Å². The summed E-state index contributed by atoms with van der Waals surface area (Å²) in [6.07, 6.45) is 2.15. The Morgan fingerprint density at radius 1 is 1.31 bits per heavy atom. The molecule has 7 heteroatoms. The Kier molecular flexibility index (Phi) is 6.36. The molecule has 2 aromatic rings. The van der Waals surface area contributed by atoms with Gasteiger partial charge in [0, 0.05) is 43.9 Å². The number of rotatable bonds is 6. The molecule has 3 rings (SSSR count). The lowest BCUT2D eigenvalue weighted by Crippen LogP contribution is -2.34. The van der Waals surface area contributed by atoms with Crippen LogP contribution in [-0.2, 0) is 6.54 Å². The summed E-state index contributed by atoms with van der Waals surface area (Å²) >= 11 is 0. The zero-order valence-corrected chi connectivity index (χ0v) is 17.1. The fourth-order valence-electron chi connectivity index (χ4n) is 3.86. The molecule has 1 heterocycles. The number of ether oxygens (including phenoxy) is 1. The highest BCUT2D eigenvalue weighted by atomic mass is 16.6. The van der Waals surface area contributed by atoms with Crippen molar-refractivity contribution in [3.05, 3.63) is 63.7 Å². The second-order valence-electron chi connectivity index (χ2n) is 7.63. The topological polar surface area (TPSA) is 75.9 Å². The van der Waals surface area contributed by atoms with Gasteiger partial charge in [0.25, 0.3) is 11.6 Å². The summed E-state index contributed by atoms with van der Waals surface area (Å²) in [5.41, 5.74) is 1.75. The van der Waals surface area contributed by atoms with Crippen LogP contribution in [0.5, 0.6) is 5.75 Å². The fraction of sp³-hybridized carbons (Fsp3) is 0.409. The molecule has 0 saturated carbocycles. The minimum absolute atomic E-state index is 0.0179. The van der Waals surface area contributed by atoms with E-state index in [1.54, 1.807) is 31.2 Å². The number of benzene rings is 2. The maximum Gasteiger partial charge on any atom is 0.293 e.